The second kappa shape index (κ2) is 11.3. The van der Waals surface area contributed by atoms with Crippen molar-refractivity contribution >= 4 is 31.1 Å². The van der Waals surface area contributed by atoms with Crippen molar-refractivity contribution < 1.29 is 13.3 Å². The smallest absolute Gasteiger partial charge is 0.370 e. The fourth-order valence-electron chi connectivity index (χ4n) is 3.95. The van der Waals surface area contributed by atoms with Crippen molar-refractivity contribution in [3.05, 3.63) is 84.4 Å². The van der Waals surface area contributed by atoms with Crippen LogP contribution >= 0.6 is 0 Å². The molecule has 0 saturated heterocycles. The predicted octanol–water partition coefficient (Wildman–Crippen LogP) is 5.97. The minimum Gasteiger partial charge on any atom is -0.370 e. The van der Waals surface area contributed by atoms with E-state index in [1.807, 2.05) is 32.9 Å². The Bertz CT molecular complexity index is 877. The van der Waals surface area contributed by atoms with Crippen molar-refractivity contribution in [3.8, 4) is 0 Å². The molecule has 5 heteroatoms. The van der Waals surface area contributed by atoms with Crippen LogP contribution in [0.5, 0.6) is 0 Å². The van der Waals surface area contributed by atoms with Gasteiger partial charge in [0.1, 0.15) is 0 Å². The zero-order valence-electron chi connectivity index (χ0n) is 19.0. The number of para-hydroxylation sites is 2. The Morgan fingerprint density at radius 2 is 1.10 bits per heavy atom. The van der Waals surface area contributed by atoms with Gasteiger partial charge in [-0.3, -0.25) is 0 Å². The number of benzene rings is 3. The maximum absolute atomic E-state index is 6.26. The van der Waals surface area contributed by atoms with Gasteiger partial charge in [0.05, 0.1) is 0 Å². The molecule has 0 fully saturated rings. The van der Waals surface area contributed by atoms with Crippen LogP contribution < -0.4 is 10.1 Å². The first-order valence-corrected chi connectivity index (χ1v) is 12.9. The molecule has 0 N–H and O–H groups in total. The number of hydrogen-bond donors (Lipinski definition) is 0. The summed E-state index contributed by atoms with van der Waals surface area (Å²) in [6.45, 7) is 9.79. The summed E-state index contributed by atoms with van der Waals surface area (Å²) >= 11 is 0. The van der Waals surface area contributed by atoms with Crippen LogP contribution in [0.2, 0.25) is 0 Å². The summed E-state index contributed by atoms with van der Waals surface area (Å²) in [7, 11) is -3.04. The van der Waals surface area contributed by atoms with E-state index < -0.39 is 8.80 Å². The molecule has 0 saturated carbocycles. The topological polar surface area (TPSA) is 30.9 Å². The van der Waals surface area contributed by atoms with Crippen molar-refractivity contribution in [2.45, 2.75) is 34.1 Å². The summed E-state index contributed by atoms with van der Waals surface area (Å²) in [6, 6.07) is 27.3. The summed E-state index contributed by atoms with van der Waals surface area (Å²) in [6.07, 6.45) is 0.837. The zero-order chi connectivity index (χ0) is 22.1. The van der Waals surface area contributed by atoms with Crippen LogP contribution in [-0.4, -0.2) is 28.6 Å². The highest BCUT2D eigenvalue weighted by Gasteiger charge is 2.45. The van der Waals surface area contributed by atoms with E-state index in [1.165, 1.54) is 5.56 Å². The van der Waals surface area contributed by atoms with E-state index in [4.69, 9.17) is 13.3 Å². The maximum atomic E-state index is 6.26. The minimum absolute atomic E-state index is 0.542. The van der Waals surface area contributed by atoms with Gasteiger partial charge < -0.3 is 18.2 Å². The zero-order valence-corrected chi connectivity index (χ0v) is 20.0. The summed E-state index contributed by atoms with van der Waals surface area (Å²) in [5, 5.41) is 1.05. The largest absolute Gasteiger partial charge is 0.537 e. The summed E-state index contributed by atoms with van der Waals surface area (Å²) in [5.41, 5.74) is 4.53. The molecule has 0 spiro atoms. The van der Waals surface area contributed by atoms with Crippen LogP contribution in [-0.2, 0) is 19.7 Å². The Morgan fingerprint density at radius 1 is 0.613 bits per heavy atom. The molecule has 0 heterocycles. The number of hydrogen-bond acceptors (Lipinski definition) is 4. The predicted molar refractivity (Wildman–Crippen MR) is 131 cm³/mol. The second-order valence-electron chi connectivity index (χ2n) is 7.02. The third-order valence-corrected chi connectivity index (χ3v) is 8.24. The van der Waals surface area contributed by atoms with E-state index in [9.17, 15) is 0 Å². The molecule has 31 heavy (non-hydrogen) atoms. The highest BCUT2D eigenvalue weighted by Crippen LogP contribution is 2.36. The van der Waals surface area contributed by atoms with Gasteiger partial charge in [0.2, 0.25) is 0 Å². The molecule has 0 aliphatic carbocycles. The molecule has 3 rings (SSSR count). The average Bonchev–Trinajstić information content (AvgIpc) is 2.81. The molecule has 0 aliphatic rings. The molecule has 3 aromatic carbocycles. The third kappa shape index (κ3) is 5.07. The normalized spacial score (nSPS) is 11.5. The summed E-state index contributed by atoms with van der Waals surface area (Å²) in [4.78, 5) is 2.30. The molecule has 0 aromatic heterocycles. The van der Waals surface area contributed by atoms with Crippen LogP contribution in [0.4, 0.5) is 17.1 Å². The lowest BCUT2D eigenvalue weighted by atomic mass is 10.1. The molecule has 4 nitrogen and oxygen atoms in total. The Kier molecular flexibility index (Phi) is 8.43. The van der Waals surface area contributed by atoms with Crippen LogP contribution in [0.3, 0.4) is 0 Å². The first kappa shape index (κ1) is 23.2. The minimum atomic E-state index is -3.04. The van der Waals surface area contributed by atoms with Gasteiger partial charge in [0.25, 0.3) is 0 Å². The average molecular weight is 436 g/mol. The third-order valence-electron chi connectivity index (χ3n) is 5.11. The lowest BCUT2D eigenvalue weighted by Crippen LogP contribution is -2.58. The Labute approximate surface area is 187 Å². The van der Waals surface area contributed by atoms with E-state index in [-0.39, 0.29) is 0 Å². The van der Waals surface area contributed by atoms with Gasteiger partial charge in [0, 0.05) is 42.1 Å². The fraction of sp³-hybridized carbons (Fsp3) is 0.308. The quantitative estimate of drug-likeness (QED) is 0.347. The highest BCUT2D eigenvalue weighted by molar-refractivity contribution is 6.76. The molecular weight excluding hydrogens is 402 g/mol. The number of nitrogens with zero attached hydrogens (tertiary/aromatic N) is 1. The van der Waals surface area contributed by atoms with E-state index in [0.717, 1.165) is 28.7 Å². The van der Waals surface area contributed by atoms with Crippen molar-refractivity contribution in [2.75, 3.05) is 24.7 Å². The van der Waals surface area contributed by atoms with Gasteiger partial charge in [-0.05, 0) is 63.1 Å². The van der Waals surface area contributed by atoms with Crippen molar-refractivity contribution in [3.63, 3.8) is 0 Å². The van der Waals surface area contributed by atoms with Crippen LogP contribution in [0.25, 0.3) is 0 Å². The summed E-state index contributed by atoms with van der Waals surface area (Å²) < 4.78 is 18.8. The molecule has 164 valence electrons. The SMILES string of the molecule is CCO[Si](OCC)(OCC)c1cccc(N(c2ccccc2)c2ccccc2)c1CC. The first-order valence-electron chi connectivity index (χ1n) is 11.1. The van der Waals surface area contributed by atoms with E-state index >= 15 is 0 Å². The van der Waals surface area contributed by atoms with Crippen molar-refractivity contribution in [1.29, 1.82) is 0 Å². The Hall–Kier alpha value is -2.44. The molecule has 0 aliphatic heterocycles. The van der Waals surface area contributed by atoms with Crippen molar-refractivity contribution in [1.82, 2.24) is 0 Å². The standard InChI is InChI=1S/C26H33NO3Si/c1-5-24-25(20-15-21-26(24)31(28-6-2,29-7-3)30-8-4)27(22-16-11-9-12-17-22)23-18-13-10-14-19-23/h9-21H,5-8H2,1-4H3. The van der Waals surface area contributed by atoms with Crippen LogP contribution in [0.15, 0.2) is 78.9 Å². The van der Waals surface area contributed by atoms with Gasteiger partial charge in [-0.25, -0.2) is 0 Å². The fourth-order valence-corrected chi connectivity index (χ4v) is 6.78. The van der Waals surface area contributed by atoms with Gasteiger partial charge in [-0.15, -0.1) is 0 Å². The molecule has 0 atom stereocenters. The lowest BCUT2D eigenvalue weighted by molar-refractivity contribution is 0.0857. The van der Waals surface area contributed by atoms with E-state index in [1.54, 1.807) is 0 Å². The monoisotopic (exact) mass is 435 g/mol. The van der Waals surface area contributed by atoms with Crippen LogP contribution in [0.1, 0.15) is 33.3 Å². The molecule has 0 unspecified atom stereocenters. The molecular formula is C26H33NO3Si. The number of anilines is 3. The molecule has 0 amide bonds. The first-order chi connectivity index (χ1) is 15.2. The van der Waals surface area contributed by atoms with Gasteiger partial charge >= 0.3 is 8.80 Å². The summed E-state index contributed by atoms with van der Waals surface area (Å²) in [5.74, 6) is 0. The second-order valence-corrected chi connectivity index (χ2v) is 9.54. The number of rotatable bonds is 11. The van der Waals surface area contributed by atoms with Gasteiger partial charge in [-0.1, -0.05) is 55.5 Å². The maximum Gasteiger partial charge on any atom is 0.537 e. The van der Waals surface area contributed by atoms with E-state index in [0.29, 0.717) is 19.8 Å². The Morgan fingerprint density at radius 3 is 1.52 bits per heavy atom. The highest BCUT2D eigenvalue weighted by atomic mass is 28.4. The van der Waals surface area contributed by atoms with Crippen molar-refractivity contribution in [2.24, 2.45) is 0 Å². The Balaban J connectivity index is 2.25. The molecule has 0 radical (unpaired) electrons. The van der Waals surface area contributed by atoms with Crippen LogP contribution in [0, 0.1) is 0 Å². The lowest BCUT2D eigenvalue weighted by Gasteiger charge is -2.33. The van der Waals surface area contributed by atoms with Gasteiger partial charge in [0.15, 0.2) is 0 Å². The van der Waals surface area contributed by atoms with Gasteiger partial charge in [-0.2, -0.15) is 0 Å². The molecule has 3 aromatic rings. The molecule has 0 bridgehead atoms. The van der Waals surface area contributed by atoms with E-state index in [2.05, 4.69) is 78.6 Å².